The van der Waals surface area contributed by atoms with Gasteiger partial charge >= 0.3 is 0 Å². The highest BCUT2D eigenvalue weighted by Gasteiger charge is 2.35. The Labute approximate surface area is 104 Å². The first-order valence-corrected chi connectivity index (χ1v) is 6.52. The first-order chi connectivity index (χ1) is 8.18. The maximum absolute atomic E-state index is 10.7. The third kappa shape index (κ3) is 2.70. The summed E-state index contributed by atoms with van der Waals surface area (Å²) in [5.74, 6) is 0. The number of aryl methyl sites for hydroxylation is 1. The van der Waals surface area contributed by atoms with Crippen molar-refractivity contribution in [3.63, 3.8) is 0 Å². The fourth-order valence-electron chi connectivity index (χ4n) is 2.72. The van der Waals surface area contributed by atoms with Crippen LogP contribution in [0.3, 0.4) is 0 Å². The molecule has 1 aliphatic carbocycles. The van der Waals surface area contributed by atoms with Crippen LogP contribution < -0.4 is 0 Å². The Morgan fingerprint density at radius 2 is 2.06 bits per heavy atom. The van der Waals surface area contributed by atoms with Gasteiger partial charge in [-0.1, -0.05) is 31.2 Å². The second kappa shape index (κ2) is 5.19. The van der Waals surface area contributed by atoms with E-state index < -0.39 is 5.60 Å². The molecule has 1 fully saturated rings. The third-order valence-corrected chi connectivity index (χ3v) is 3.91. The topological polar surface area (TPSA) is 29.5 Å². The minimum absolute atomic E-state index is 0.194. The van der Waals surface area contributed by atoms with Gasteiger partial charge in [0.15, 0.2) is 0 Å². The van der Waals surface area contributed by atoms with Crippen LogP contribution in [0.15, 0.2) is 24.3 Å². The zero-order valence-corrected chi connectivity index (χ0v) is 10.8. The molecule has 1 aromatic carbocycles. The van der Waals surface area contributed by atoms with Gasteiger partial charge in [0.2, 0.25) is 0 Å². The van der Waals surface area contributed by atoms with Gasteiger partial charge in [-0.05, 0) is 36.8 Å². The van der Waals surface area contributed by atoms with Crippen LogP contribution >= 0.6 is 0 Å². The van der Waals surface area contributed by atoms with Crippen molar-refractivity contribution in [2.75, 3.05) is 7.11 Å². The average Bonchev–Trinajstić information content (AvgIpc) is 2.39. The van der Waals surface area contributed by atoms with Gasteiger partial charge in [-0.25, -0.2) is 0 Å². The molecule has 0 aromatic heterocycles. The van der Waals surface area contributed by atoms with Crippen molar-refractivity contribution < 1.29 is 9.84 Å². The summed E-state index contributed by atoms with van der Waals surface area (Å²) in [6.07, 6.45) is 4.89. The molecule has 2 heteroatoms. The van der Waals surface area contributed by atoms with E-state index in [1.165, 1.54) is 5.56 Å². The molecule has 2 atom stereocenters. The minimum Gasteiger partial charge on any atom is -0.385 e. The first-order valence-electron chi connectivity index (χ1n) is 6.52. The number of benzene rings is 1. The van der Waals surface area contributed by atoms with Crippen LogP contribution in [0.5, 0.6) is 0 Å². The quantitative estimate of drug-likeness (QED) is 0.871. The molecule has 94 valence electrons. The minimum atomic E-state index is -0.689. The highest BCUT2D eigenvalue weighted by Crippen LogP contribution is 2.38. The summed E-state index contributed by atoms with van der Waals surface area (Å²) >= 11 is 0. The van der Waals surface area contributed by atoms with Crippen molar-refractivity contribution >= 4 is 0 Å². The van der Waals surface area contributed by atoms with E-state index in [2.05, 4.69) is 31.2 Å². The maximum Gasteiger partial charge on any atom is 0.0921 e. The van der Waals surface area contributed by atoms with Crippen LogP contribution in [0.2, 0.25) is 0 Å². The van der Waals surface area contributed by atoms with Crippen molar-refractivity contribution in [2.24, 2.45) is 0 Å². The predicted octanol–water partition coefficient (Wildman–Crippen LogP) is 3.03. The molecule has 0 aliphatic heterocycles. The average molecular weight is 234 g/mol. The van der Waals surface area contributed by atoms with Gasteiger partial charge in [0.25, 0.3) is 0 Å². The van der Waals surface area contributed by atoms with Gasteiger partial charge in [0.1, 0.15) is 0 Å². The predicted molar refractivity (Wildman–Crippen MR) is 69.0 cm³/mol. The molecule has 0 heterocycles. The number of methoxy groups -OCH3 is 1. The van der Waals surface area contributed by atoms with E-state index in [-0.39, 0.29) is 6.10 Å². The molecule has 2 unspecified atom stereocenters. The lowest BCUT2D eigenvalue weighted by Crippen LogP contribution is -2.35. The lowest BCUT2D eigenvalue weighted by molar-refractivity contribution is -0.0631. The van der Waals surface area contributed by atoms with E-state index in [9.17, 15) is 5.11 Å². The second-order valence-electron chi connectivity index (χ2n) is 5.04. The van der Waals surface area contributed by atoms with E-state index in [1.807, 2.05) is 0 Å². The summed E-state index contributed by atoms with van der Waals surface area (Å²) in [5.41, 5.74) is 1.67. The zero-order valence-electron chi connectivity index (χ0n) is 10.8. The second-order valence-corrected chi connectivity index (χ2v) is 5.04. The monoisotopic (exact) mass is 234 g/mol. The van der Waals surface area contributed by atoms with Gasteiger partial charge in [-0.3, -0.25) is 0 Å². The van der Waals surface area contributed by atoms with E-state index in [4.69, 9.17) is 4.74 Å². The summed E-state index contributed by atoms with van der Waals surface area (Å²) in [6.45, 7) is 2.14. The van der Waals surface area contributed by atoms with Gasteiger partial charge in [-0.15, -0.1) is 0 Å². The van der Waals surface area contributed by atoms with E-state index in [1.54, 1.807) is 7.11 Å². The number of ether oxygens (including phenoxy) is 1. The Bertz CT molecular complexity index is 358. The molecule has 17 heavy (non-hydrogen) atoms. The van der Waals surface area contributed by atoms with Crippen molar-refractivity contribution in [3.05, 3.63) is 35.4 Å². The van der Waals surface area contributed by atoms with E-state index in [0.29, 0.717) is 0 Å². The summed E-state index contributed by atoms with van der Waals surface area (Å²) in [6, 6.07) is 8.36. The van der Waals surface area contributed by atoms with Crippen molar-refractivity contribution in [2.45, 2.75) is 50.7 Å². The number of hydrogen-bond donors (Lipinski definition) is 1. The maximum atomic E-state index is 10.7. The molecule has 0 amide bonds. The molecule has 2 nitrogen and oxygen atoms in total. The Kier molecular flexibility index (Phi) is 3.85. The normalized spacial score (nSPS) is 29.2. The Balaban J connectivity index is 2.18. The van der Waals surface area contributed by atoms with Crippen LogP contribution in [0.25, 0.3) is 0 Å². The Hall–Kier alpha value is -0.860. The molecule has 0 saturated heterocycles. The fourth-order valence-corrected chi connectivity index (χ4v) is 2.72. The number of aliphatic hydroxyl groups is 1. The smallest absolute Gasteiger partial charge is 0.0921 e. The van der Waals surface area contributed by atoms with Crippen molar-refractivity contribution in [1.29, 1.82) is 0 Å². The molecule has 1 saturated carbocycles. The van der Waals surface area contributed by atoms with Crippen LogP contribution in [-0.2, 0) is 16.8 Å². The Morgan fingerprint density at radius 1 is 1.35 bits per heavy atom. The Morgan fingerprint density at radius 3 is 2.65 bits per heavy atom. The van der Waals surface area contributed by atoms with Crippen LogP contribution in [0.4, 0.5) is 0 Å². The molecule has 0 spiro atoms. The standard InChI is InChI=1S/C15H22O2/c1-3-12-6-8-13(9-7-12)15(16)10-4-5-14(11-15)17-2/h6-9,14,16H,3-5,10-11H2,1-2H3. The lowest BCUT2D eigenvalue weighted by atomic mass is 9.78. The van der Waals surface area contributed by atoms with E-state index in [0.717, 1.165) is 37.7 Å². The zero-order chi connectivity index (χ0) is 12.3. The number of hydrogen-bond acceptors (Lipinski definition) is 2. The van der Waals surface area contributed by atoms with E-state index >= 15 is 0 Å². The molecule has 1 aromatic rings. The third-order valence-electron chi connectivity index (χ3n) is 3.91. The number of rotatable bonds is 3. The van der Waals surface area contributed by atoms with Gasteiger partial charge in [-0.2, -0.15) is 0 Å². The highest BCUT2D eigenvalue weighted by molar-refractivity contribution is 5.27. The van der Waals surface area contributed by atoms with Crippen LogP contribution in [0, 0.1) is 0 Å². The van der Waals surface area contributed by atoms with Gasteiger partial charge < -0.3 is 9.84 Å². The largest absolute Gasteiger partial charge is 0.385 e. The molecule has 2 rings (SSSR count). The molecule has 1 N–H and O–H groups in total. The fraction of sp³-hybridized carbons (Fsp3) is 0.600. The molecule has 0 bridgehead atoms. The molecule has 0 radical (unpaired) electrons. The summed E-state index contributed by atoms with van der Waals surface area (Å²) in [4.78, 5) is 0. The summed E-state index contributed by atoms with van der Waals surface area (Å²) in [5, 5.41) is 10.7. The summed E-state index contributed by atoms with van der Waals surface area (Å²) < 4.78 is 5.39. The highest BCUT2D eigenvalue weighted by atomic mass is 16.5. The summed E-state index contributed by atoms with van der Waals surface area (Å²) in [7, 11) is 1.73. The van der Waals surface area contributed by atoms with Gasteiger partial charge in [0, 0.05) is 13.5 Å². The van der Waals surface area contributed by atoms with Crippen LogP contribution in [0.1, 0.15) is 43.7 Å². The molecule has 1 aliphatic rings. The van der Waals surface area contributed by atoms with Crippen molar-refractivity contribution in [3.8, 4) is 0 Å². The van der Waals surface area contributed by atoms with Crippen molar-refractivity contribution in [1.82, 2.24) is 0 Å². The first kappa shape index (κ1) is 12.6. The van der Waals surface area contributed by atoms with Gasteiger partial charge in [0.05, 0.1) is 11.7 Å². The van der Waals surface area contributed by atoms with Crippen LogP contribution in [-0.4, -0.2) is 18.3 Å². The lowest BCUT2D eigenvalue weighted by Gasteiger charge is -2.36. The molecular weight excluding hydrogens is 212 g/mol. The molecular formula is C15H22O2. The SMILES string of the molecule is CCc1ccc(C2(O)CCCC(OC)C2)cc1.